The molecule has 5 N–H and O–H groups in total. The van der Waals surface area contributed by atoms with Crippen LogP contribution in [-0.2, 0) is 0 Å². The lowest BCUT2D eigenvalue weighted by molar-refractivity contribution is 0.100. The average molecular weight is 526 g/mol. The molecule has 37 heavy (non-hydrogen) atoms. The molecule has 1 saturated heterocycles. The second-order valence-electron chi connectivity index (χ2n) is 9.11. The Balaban J connectivity index is 1.73. The highest BCUT2D eigenvalue weighted by atomic mass is 35.5. The fraction of sp³-hybridized carbons (Fsp3) is 0.320. The summed E-state index contributed by atoms with van der Waals surface area (Å²) in [5.41, 5.74) is 7.16. The Hall–Kier alpha value is -4.12. The van der Waals surface area contributed by atoms with Gasteiger partial charge in [0.2, 0.25) is 5.95 Å². The van der Waals surface area contributed by atoms with Crippen LogP contribution in [0, 0.1) is 0 Å². The first kappa shape index (κ1) is 26.0. The molecule has 4 rings (SSSR count). The molecule has 194 valence electrons. The number of anilines is 3. The van der Waals surface area contributed by atoms with E-state index in [0.717, 1.165) is 6.42 Å². The number of benzene rings is 1. The molecule has 0 aliphatic carbocycles. The Bertz CT molecular complexity index is 1370. The SMILES string of the molecule is CC(C)n1cc(Nc2nc(N3CCC[C@H](NC(=O)O)C3)ncc2C(N)=O)cc(-c2ccc(Cl)cc2)c1=O. The number of carbonyl (C=O) groups is 2. The molecule has 2 aromatic heterocycles. The second-order valence-corrected chi connectivity index (χ2v) is 9.55. The van der Waals surface area contributed by atoms with Crippen LogP contribution in [0.4, 0.5) is 22.2 Å². The van der Waals surface area contributed by atoms with Crippen molar-refractivity contribution in [3.63, 3.8) is 0 Å². The third kappa shape index (κ3) is 6.00. The van der Waals surface area contributed by atoms with Crippen LogP contribution in [0.5, 0.6) is 0 Å². The molecular weight excluding hydrogens is 498 g/mol. The number of amides is 2. The van der Waals surface area contributed by atoms with E-state index in [9.17, 15) is 14.4 Å². The number of nitrogens with zero attached hydrogens (tertiary/aromatic N) is 4. The van der Waals surface area contributed by atoms with Crippen molar-refractivity contribution in [2.24, 2.45) is 5.73 Å². The third-order valence-electron chi connectivity index (χ3n) is 6.09. The van der Waals surface area contributed by atoms with E-state index in [1.54, 1.807) is 41.1 Å². The van der Waals surface area contributed by atoms with Gasteiger partial charge in [-0.25, -0.2) is 9.78 Å². The lowest BCUT2D eigenvalue weighted by atomic mass is 10.1. The summed E-state index contributed by atoms with van der Waals surface area (Å²) < 4.78 is 1.59. The van der Waals surface area contributed by atoms with Crippen molar-refractivity contribution in [3.8, 4) is 11.1 Å². The normalized spacial score (nSPS) is 15.5. The number of rotatable bonds is 7. The molecule has 3 aromatic rings. The maximum Gasteiger partial charge on any atom is 0.404 e. The Morgan fingerprint density at radius 2 is 1.97 bits per heavy atom. The summed E-state index contributed by atoms with van der Waals surface area (Å²) in [6.07, 6.45) is 3.37. The molecule has 1 atom stereocenters. The van der Waals surface area contributed by atoms with Crippen molar-refractivity contribution in [3.05, 3.63) is 63.7 Å². The van der Waals surface area contributed by atoms with Crippen molar-refractivity contribution >= 4 is 41.1 Å². The zero-order valence-electron chi connectivity index (χ0n) is 20.4. The highest BCUT2D eigenvalue weighted by molar-refractivity contribution is 6.30. The second kappa shape index (κ2) is 10.9. The first-order chi connectivity index (χ1) is 17.6. The first-order valence-electron chi connectivity index (χ1n) is 11.8. The third-order valence-corrected chi connectivity index (χ3v) is 6.34. The number of nitrogens with two attached hydrogens (primary N) is 1. The number of carbonyl (C=O) groups excluding carboxylic acids is 1. The van der Waals surface area contributed by atoms with Gasteiger partial charge in [-0.3, -0.25) is 9.59 Å². The van der Waals surface area contributed by atoms with E-state index in [1.165, 1.54) is 6.20 Å². The quantitative estimate of drug-likeness (QED) is 0.364. The van der Waals surface area contributed by atoms with Crippen LogP contribution >= 0.6 is 11.6 Å². The monoisotopic (exact) mass is 525 g/mol. The molecule has 1 fully saturated rings. The number of nitrogens with one attached hydrogen (secondary N) is 2. The Kier molecular flexibility index (Phi) is 7.63. The van der Waals surface area contributed by atoms with Gasteiger partial charge in [0.1, 0.15) is 11.4 Å². The Labute approximate surface area is 218 Å². The summed E-state index contributed by atoms with van der Waals surface area (Å²) in [4.78, 5) is 47.2. The van der Waals surface area contributed by atoms with E-state index >= 15 is 0 Å². The van der Waals surface area contributed by atoms with Crippen LogP contribution in [0.25, 0.3) is 11.1 Å². The first-order valence-corrected chi connectivity index (χ1v) is 12.2. The fourth-order valence-electron chi connectivity index (χ4n) is 4.28. The number of carboxylic acid groups (broad SMARTS) is 1. The van der Waals surface area contributed by atoms with Crippen LogP contribution in [-0.4, -0.2) is 50.8 Å². The van der Waals surface area contributed by atoms with Crippen molar-refractivity contribution in [1.82, 2.24) is 19.9 Å². The van der Waals surface area contributed by atoms with E-state index in [0.29, 0.717) is 47.3 Å². The summed E-state index contributed by atoms with van der Waals surface area (Å²) in [5, 5.41) is 15.3. The highest BCUT2D eigenvalue weighted by Crippen LogP contribution is 2.26. The predicted octanol–water partition coefficient (Wildman–Crippen LogP) is 3.62. The molecule has 1 aliphatic heterocycles. The van der Waals surface area contributed by atoms with Crippen LogP contribution in [0.3, 0.4) is 0 Å². The van der Waals surface area contributed by atoms with Gasteiger partial charge in [0, 0.05) is 48.2 Å². The van der Waals surface area contributed by atoms with Crippen LogP contribution in [0.1, 0.15) is 43.1 Å². The smallest absolute Gasteiger partial charge is 0.404 e. The van der Waals surface area contributed by atoms with Crippen LogP contribution < -0.4 is 26.8 Å². The number of piperidine rings is 1. The molecule has 0 bridgehead atoms. The number of primary amides is 1. The standard InChI is InChI=1S/C25H28ClN7O4/c1-14(2)33-13-18(10-19(23(33)35)15-5-7-16(26)8-6-15)29-22-20(21(27)34)11-28-24(31-22)32-9-3-4-17(12-32)30-25(36)37/h5-8,10-11,13-14,17,30H,3-4,9,12H2,1-2H3,(H2,27,34)(H,36,37)(H,28,29,31)/t17-/m0/s1. The highest BCUT2D eigenvalue weighted by Gasteiger charge is 2.24. The topological polar surface area (TPSA) is 155 Å². The van der Waals surface area contributed by atoms with E-state index in [1.807, 2.05) is 18.7 Å². The summed E-state index contributed by atoms with van der Waals surface area (Å²) in [7, 11) is 0. The Morgan fingerprint density at radius 3 is 2.62 bits per heavy atom. The maximum atomic E-state index is 13.2. The van der Waals surface area contributed by atoms with Crippen LogP contribution in [0.2, 0.25) is 5.02 Å². The van der Waals surface area contributed by atoms with Gasteiger partial charge in [-0.05, 0) is 50.5 Å². The average Bonchev–Trinajstić information content (AvgIpc) is 2.85. The lowest BCUT2D eigenvalue weighted by Crippen LogP contribution is -2.48. The zero-order chi connectivity index (χ0) is 26.7. The molecule has 12 heteroatoms. The minimum atomic E-state index is -1.09. The zero-order valence-corrected chi connectivity index (χ0v) is 21.2. The number of pyridine rings is 1. The molecule has 1 aromatic carbocycles. The minimum Gasteiger partial charge on any atom is -0.465 e. The van der Waals surface area contributed by atoms with E-state index in [4.69, 9.17) is 22.4 Å². The number of hydrogen-bond donors (Lipinski definition) is 4. The van der Waals surface area contributed by atoms with Crippen molar-refractivity contribution in [2.45, 2.75) is 38.8 Å². The summed E-state index contributed by atoms with van der Waals surface area (Å²) in [6, 6.07) is 8.24. The maximum absolute atomic E-state index is 13.2. The summed E-state index contributed by atoms with van der Waals surface area (Å²) >= 11 is 6.03. The predicted molar refractivity (Wildman–Crippen MR) is 142 cm³/mol. The fourth-order valence-corrected chi connectivity index (χ4v) is 4.40. The molecule has 11 nitrogen and oxygen atoms in total. The van der Waals surface area contributed by atoms with Crippen molar-refractivity contribution in [1.29, 1.82) is 0 Å². The largest absolute Gasteiger partial charge is 0.465 e. The van der Waals surface area contributed by atoms with Crippen molar-refractivity contribution in [2.75, 3.05) is 23.3 Å². The molecule has 3 heterocycles. The molecule has 0 spiro atoms. The Morgan fingerprint density at radius 1 is 1.24 bits per heavy atom. The van der Waals surface area contributed by atoms with Crippen LogP contribution in [0.15, 0.2) is 47.5 Å². The van der Waals surface area contributed by atoms with E-state index < -0.39 is 12.0 Å². The van der Waals surface area contributed by atoms with E-state index in [-0.39, 0.29) is 29.0 Å². The van der Waals surface area contributed by atoms with Gasteiger partial charge in [0.15, 0.2) is 0 Å². The molecular formula is C25H28ClN7O4. The molecule has 0 saturated carbocycles. The van der Waals surface area contributed by atoms with Gasteiger partial charge in [-0.1, -0.05) is 23.7 Å². The van der Waals surface area contributed by atoms with Gasteiger partial charge < -0.3 is 30.9 Å². The van der Waals surface area contributed by atoms with Gasteiger partial charge in [0.25, 0.3) is 11.5 Å². The molecule has 1 aliphatic rings. The summed E-state index contributed by atoms with van der Waals surface area (Å²) in [6.45, 7) is 4.81. The number of hydrogen-bond acceptors (Lipinski definition) is 7. The van der Waals surface area contributed by atoms with Gasteiger partial charge in [-0.2, -0.15) is 4.98 Å². The number of aromatic nitrogens is 3. The molecule has 0 radical (unpaired) electrons. The number of halogens is 1. The van der Waals surface area contributed by atoms with Gasteiger partial charge in [-0.15, -0.1) is 0 Å². The minimum absolute atomic E-state index is 0.0799. The van der Waals surface area contributed by atoms with Gasteiger partial charge in [0.05, 0.1) is 5.69 Å². The summed E-state index contributed by atoms with van der Waals surface area (Å²) in [5.74, 6) is -0.199. The van der Waals surface area contributed by atoms with Crippen molar-refractivity contribution < 1.29 is 14.7 Å². The van der Waals surface area contributed by atoms with Gasteiger partial charge >= 0.3 is 6.09 Å². The molecule has 0 unspecified atom stereocenters. The van der Waals surface area contributed by atoms with E-state index in [2.05, 4.69) is 20.6 Å². The molecule has 2 amide bonds. The lowest BCUT2D eigenvalue weighted by Gasteiger charge is -2.32.